The second-order valence-corrected chi connectivity index (χ2v) is 5.90. The number of fused-ring (bicyclic) bond motifs is 1. The Kier molecular flexibility index (Phi) is 6.75. The molecule has 0 unspecified atom stereocenters. The first kappa shape index (κ1) is 18.4. The lowest BCUT2D eigenvalue weighted by Gasteiger charge is -2.08. The fourth-order valence-corrected chi connectivity index (χ4v) is 2.91. The van der Waals surface area contributed by atoms with Crippen LogP contribution in [0.1, 0.15) is 46.8 Å². The van der Waals surface area contributed by atoms with Gasteiger partial charge in [-0.15, -0.1) is 22.6 Å². The molecule has 3 rings (SSSR count). The molecule has 6 nitrogen and oxygen atoms in total. The Labute approximate surface area is 148 Å². The van der Waals surface area contributed by atoms with Crippen LogP contribution in [0.25, 0.3) is 0 Å². The van der Waals surface area contributed by atoms with Crippen molar-refractivity contribution in [1.82, 2.24) is 20.1 Å². The summed E-state index contributed by atoms with van der Waals surface area (Å²) in [6.45, 7) is 2.04. The number of aromatic nitrogens is 3. The summed E-state index contributed by atoms with van der Waals surface area (Å²) in [6, 6.07) is 7.38. The zero-order valence-corrected chi connectivity index (χ0v) is 14.5. The van der Waals surface area contributed by atoms with Gasteiger partial charge in [-0.3, -0.25) is 4.79 Å². The molecule has 2 heterocycles. The molecule has 0 bridgehead atoms. The third-order valence-corrected chi connectivity index (χ3v) is 4.27. The van der Waals surface area contributed by atoms with Crippen molar-refractivity contribution in [2.75, 3.05) is 6.54 Å². The Morgan fingerprint density at radius 3 is 2.71 bits per heavy atom. The Morgan fingerprint density at radius 2 is 1.96 bits per heavy atom. The van der Waals surface area contributed by atoms with E-state index in [9.17, 15) is 4.79 Å². The normalized spacial score (nSPS) is 13.5. The monoisotopic (exact) mass is 349 g/mol. The maximum atomic E-state index is 12.1. The number of rotatable bonds is 5. The molecule has 1 aliphatic rings. The summed E-state index contributed by atoms with van der Waals surface area (Å²) in [5.74, 6) is 1.99. The summed E-state index contributed by atoms with van der Waals surface area (Å²) < 4.78 is 2.22. The first-order valence-corrected chi connectivity index (χ1v) is 8.26. The van der Waals surface area contributed by atoms with Crippen molar-refractivity contribution in [1.29, 1.82) is 0 Å². The summed E-state index contributed by atoms with van der Waals surface area (Å²) in [4.78, 5) is 12.1. The average Bonchev–Trinajstić information content (AvgIpc) is 2.82. The van der Waals surface area contributed by atoms with Gasteiger partial charge in [0.15, 0.2) is 0 Å². The third kappa shape index (κ3) is 4.33. The van der Waals surface area contributed by atoms with Gasteiger partial charge in [0.05, 0.1) is 0 Å². The van der Waals surface area contributed by atoms with E-state index in [1.807, 2.05) is 12.1 Å². The van der Waals surface area contributed by atoms with Gasteiger partial charge < -0.3 is 15.6 Å². The second-order valence-electron chi connectivity index (χ2n) is 5.90. The zero-order chi connectivity index (χ0) is 16.1. The minimum absolute atomic E-state index is 0. The Bertz CT molecular complexity index is 668. The maximum Gasteiger partial charge on any atom is 0.251 e. The summed E-state index contributed by atoms with van der Waals surface area (Å²) in [6.07, 6.45) is 5.33. The fourth-order valence-electron chi connectivity index (χ4n) is 2.91. The molecule has 24 heavy (non-hydrogen) atoms. The molecule has 7 heteroatoms. The summed E-state index contributed by atoms with van der Waals surface area (Å²) in [5, 5.41) is 11.5. The van der Waals surface area contributed by atoms with Gasteiger partial charge in [-0.05, 0) is 30.5 Å². The van der Waals surface area contributed by atoms with Crippen molar-refractivity contribution in [2.24, 2.45) is 5.73 Å². The van der Waals surface area contributed by atoms with Crippen molar-refractivity contribution in [3.63, 3.8) is 0 Å². The van der Waals surface area contributed by atoms with Gasteiger partial charge in [-0.1, -0.05) is 18.6 Å². The van der Waals surface area contributed by atoms with Gasteiger partial charge in [-0.2, -0.15) is 0 Å². The SMILES string of the molecule is Cl.NCc1ccc(C(=O)NCCc2nnc3n2CCCCC3)cc1. The van der Waals surface area contributed by atoms with Crippen LogP contribution in [-0.2, 0) is 25.9 Å². The number of nitrogens with zero attached hydrogens (tertiary/aromatic N) is 3. The molecule has 1 amide bonds. The number of carbonyl (C=O) groups excluding carboxylic acids is 1. The van der Waals surface area contributed by atoms with Crippen molar-refractivity contribution in [3.05, 3.63) is 47.0 Å². The molecule has 2 aromatic rings. The molecule has 1 aliphatic heterocycles. The Hall–Kier alpha value is -1.92. The topological polar surface area (TPSA) is 85.8 Å². The fraction of sp³-hybridized carbons (Fsp3) is 0.471. The van der Waals surface area contributed by atoms with Gasteiger partial charge >= 0.3 is 0 Å². The lowest BCUT2D eigenvalue weighted by Crippen LogP contribution is -2.26. The van der Waals surface area contributed by atoms with E-state index in [2.05, 4.69) is 20.1 Å². The van der Waals surface area contributed by atoms with Gasteiger partial charge in [-0.25, -0.2) is 0 Å². The van der Waals surface area contributed by atoms with E-state index in [1.54, 1.807) is 12.1 Å². The first-order valence-electron chi connectivity index (χ1n) is 8.26. The van der Waals surface area contributed by atoms with Crippen LogP contribution in [0, 0.1) is 0 Å². The molecule has 0 spiro atoms. The maximum absolute atomic E-state index is 12.1. The number of benzene rings is 1. The molecule has 130 valence electrons. The molecular weight excluding hydrogens is 326 g/mol. The van der Waals surface area contributed by atoms with Gasteiger partial charge in [0.25, 0.3) is 5.91 Å². The summed E-state index contributed by atoms with van der Waals surface area (Å²) in [5.41, 5.74) is 7.24. The number of carbonyl (C=O) groups is 1. The van der Waals surface area contributed by atoms with Crippen LogP contribution in [0.2, 0.25) is 0 Å². The second kappa shape index (κ2) is 8.80. The van der Waals surface area contributed by atoms with E-state index >= 15 is 0 Å². The van der Waals surface area contributed by atoms with Crippen LogP contribution in [0.15, 0.2) is 24.3 Å². The standard InChI is InChI=1S/C17H23N5O.ClH/c18-12-13-5-7-14(8-6-13)17(23)19-10-9-16-21-20-15-4-2-1-3-11-22(15)16;/h5-8H,1-4,9-12,18H2,(H,19,23);1H. The highest BCUT2D eigenvalue weighted by atomic mass is 35.5. The molecule has 0 atom stereocenters. The van der Waals surface area contributed by atoms with Crippen LogP contribution in [0.5, 0.6) is 0 Å². The number of hydrogen-bond acceptors (Lipinski definition) is 4. The van der Waals surface area contributed by atoms with Crippen molar-refractivity contribution >= 4 is 18.3 Å². The minimum Gasteiger partial charge on any atom is -0.352 e. The quantitative estimate of drug-likeness (QED) is 0.862. The molecule has 0 aliphatic carbocycles. The van der Waals surface area contributed by atoms with Crippen LogP contribution in [-0.4, -0.2) is 27.2 Å². The smallest absolute Gasteiger partial charge is 0.251 e. The van der Waals surface area contributed by atoms with Gasteiger partial charge in [0, 0.05) is 38.0 Å². The molecule has 3 N–H and O–H groups in total. The molecule has 0 fully saturated rings. The van der Waals surface area contributed by atoms with E-state index < -0.39 is 0 Å². The van der Waals surface area contributed by atoms with Crippen molar-refractivity contribution in [2.45, 2.75) is 45.2 Å². The number of halogens is 1. The highest BCUT2D eigenvalue weighted by Crippen LogP contribution is 2.14. The molecule has 0 saturated heterocycles. The highest BCUT2D eigenvalue weighted by molar-refractivity contribution is 5.94. The van der Waals surface area contributed by atoms with E-state index in [-0.39, 0.29) is 18.3 Å². The van der Waals surface area contributed by atoms with Gasteiger partial charge in [0.2, 0.25) is 0 Å². The lowest BCUT2D eigenvalue weighted by molar-refractivity contribution is 0.0954. The summed E-state index contributed by atoms with van der Waals surface area (Å²) in [7, 11) is 0. The molecule has 1 aromatic heterocycles. The third-order valence-electron chi connectivity index (χ3n) is 4.27. The van der Waals surface area contributed by atoms with Crippen LogP contribution < -0.4 is 11.1 Å². The summed E-state index contributed by atoms with van der Waals surface area (Å²) >= 11 is 0. The number of hydrogen-bond donors (Lipinski definition) is 2. The highest BCUT2D eigenvalue weighted by Gasteiger charge is 2.14. The number of amides is 1. The van der Waals surface area contributed by atoms with E-state index in [4.69, 9.17) is 5.73 Å². The van der Waals surface area contributed by atoms with Crippen LogP contribution in [0.3, 0.4) is 0 Å². The molecular formula is C17H24ClN5O. The Balaban J connectivity index is 0.00000208. The molecule has 0 saturated carbocycles. The first-order chi connectivity index (χ1) is 11.3. The van der Waals surface area contributed by atoms with Crippen molar-refractivity contribution in [3.8, 4) is 0 Å². The van der Waals surface area contributed by atoms with E-state index in [0.717, 1.165) is 30.2 Å². The predicted octanol–water partition coefficient (Wildman–Crippen LogP) is 1.86. The van der Waals surface area contributed by atoms with E-state index in [0.29, 0.717) is 25.1 Å². The number of nitrogens with one attached hydrogen (secondary N) is 1. The zero-order valence-electron chi connectivity index (χ0n) is 13.7. The van der Waals surface area contributed by atoms with Crippen LogP contribution >= 0.6 is 12.4 Å². The number of aryl methyl sites for hydroxylation is 1. The predicted molar refractivity (Wildman–Crippen MR) is 95.2 cm³/mol. The van der Waals surface area contributed by atoms with Crippen LogP contribution in [0.4, 0.5) is 0 Å². The van der Waals surface area contributed by atoms with Crippen molar-refractivity contribution < 1.29 is 4.79 Å². The van der Waals surface area contributed by atoms with E-state index in [1.165, 1.54) is 19.3 Å². The lowest BCUT2D eigenvalue weighted by atomic mass is 10.1. The van der Waals surface area contributed by atoms with Gasteiger partial charge in [0.1, 0.15) is 11.6 Å². The number of nitrogens with two attached hydrogens (primary N) is 1. The molecule has 0 radical (unpaired) electrons. The Morgan fingerprint density at radius 1 is 1.17 bits per heavy atom. The molecule has 1 aromatic carbocycles. The average molecular weight is 350 g/mol. The largest absolute Gasteiger partial charge is 0.352 e. The minimum atomic E-state index is -0.0656.